The minimum atomic E-state index is -0.633. The molecule has 2 nitrogen and oxygen atoms in total. The summed E-state index contributed by atoms with van der Waals surface area (Å²) < 4.78 is 2.45. The van der Waals surface area contributed by atoms with Crippen LogP contribution in [0, 0.1) is 0 Å². The first-order chi connectivity index (χ1) is 28.5. The molecule has 2 aliphatic rings. The van der Waals surface area contributed by atoms with Crippen molar-refractivity contribution in [1.82, 2.24) is 4.57 Å². The lowest BCUT2D eigenvalue weighted by molar-refractivity contribution is 0.535. The molecule has 2 atom stereocenters. The predicted octanol–water partition coefficient (Wildman–Crippen LogP) is 14.3. The van der Waals surface area contributed by atoms with Crippen molar-refractivity contribution in [3.63, 3.8) is 0 Å². The van der Waals surface area contributed by atoms with Gasteiger partial charge in [0.1, 0.15) is 0 Å². The second-order valence-corrected chi connectivity index (χ2v) is 15.8. The van der Waals surface area contributed by atoms with E-state index >= 15 is 0 Å². The average Bonchev–Trinajstić information content (AvgIpc) is 3.72. The van der Waals surface area contributed by atoms with Crippen molar-refractivity contribution >= 4 is 55.6 Å². The minimum absolute atomic E-state index is 0.442. The smallest absolute Gasteiger partial charge is 0.0714 e. The van der Waals surface area contributed by atoms with Gasteiger partial charge in [0.2, 0.25) is 0 Å². The summed E-state index contributed by atoms with van der Waals surface area (Å²) in [6.45, 7) is 16.3. The van der Waals surface area contributed by atoms with Gasteiger partial charge in [-0.05, 0) is 110 Å². The summed E-state index contributed by atoms with van der Waals surface area (Å²) >= 11 is 0. The molecule has 0 amide bonds. The van der Waals surface area contributed by atoms with Gasteiger partial charge in [-0.3, -0.25) is 0 Å². The molecular formula is C56H42N2. The van der Waals surface area contributed by atoms with Crippen LogP contribution in [0.2, 0.25) is 0 Å². The van der Waals surface area contributed by atoms with Gasteiger partial charge in [-0.1, -0.05) is 166 Å². The molecule has 58 heavy (non-hydrogen) atoms. The van der Waals surface area contributed by atoms with Crippen molar-refractivity contribution in [2.45, 2.75) is 24.2 Å². The number of nitrogens with one attached hydrogen (secondary N) is 1. The number of hydrogen-bond acceptors (Lipinski definition) is 1. The standard InChI is InChI=1S/C56H42N2/c1-5-38-18-8-12-24-46(38)55(6-2)48-26-14-15-27-50(48)56(37(4)36(3)42-21-10-13-25-47(42)56)51-35-41(31-32-49(51)55)58-53-29-16-11-23-44(53)45-34-40(30-33-54(45)58)57-52-28-17-20-39-19-7-9-22-43(39)52/h5,7-35,57H,1,3-4,6H2,2H3. The molecule has 276 valence electrons. The van der Waals surface area contributed by atoms with Gasteiger partial charge < -0.3 is 9.88 Å². The molecule has 0 saturated heterocycles. The van der Waals surface area contributed by atoms with Gasteiger partial charge in [0.05, 0.1) is 16.4 Å². The molecule has 1 spiro atoms. The van der Waals surface area contributed by atoms with E-state index in [4.69, 9.17) is 13.2 Å². The maximum absolute atomic E-state index is 4.93. The maximum Gasteiger partial charge on any atom is 0.0714 e. The molecule has 9 aromatic rings. The Balaban J connectivity index is 1.20. The first-order valence-electron chi connectivity index (χ1n) is 20.2. The lowest BCUT2D eigenvalue weighted by Gasteiger charge is -2.50. The molecule has 8 aromatic carbocycles. The third kappa shape index (κ3) is 4.43. The van der Waals surface area contributed by atoms with Gasteiger partial charge in [0, 0.05) is 38.6 Å². The van der Waals surface area contributed by atoms with Gasteiger partial charge in [-0.25, -0.2) is 0 Å². The van der Waals surface area contributed by atoms with Crippen LogP contribution >= 0.6 is 0 Å². The summed E-state index contributed by atoms with van der Waals surface area (Å²) in [5, 5.41) is 8.59. The van der Waals surface area contributed by atoms with Crippen LogP contribution in [0.15, 0.2) is 201 Å². The zero-order chi connectivity index (χ0) is 39.2. The van der Waals surface area contributed by atoms with Gasteiger partial charge >= 0.3 is 0 Å². The average molecular weight is 743 g/mol. The second kappa shape index (κ2) is 12.7. The van der Waals surface area contributed by atoms with E-state index in [1.807, 2.05) is 6.08 Å². The number of rotatable bonds is 6. The predicted molar refractivity (Wildman–Crippen MR) is 246 cm³/mol. The van der Waals surface area contributed by atoms with E-state index in [0.717, 1.165) is 51.3 Å². The molecule has 0 fully saturated rings. The molecule has 1 heterocycles. The van der Waals surface area contributed by atoms with E-state index < -0.39 is 10.8 Å². The third-order valence-corrected chi connectivity index (χ3v) is 13.3. The summed E-state index contributed by atoms with van der Waals surface area (Å²) in [4.78, 5) is 0. The van der Waals surface area contributed by atoms with Crippen LogP contribution in [0.1, 0.15) is 57.9 Å². The van der Waals surface area contributed by atoms with Crippen LogP contribution < -0.4 is 5.32 Å². The Labute approximate surface area is 339 Å². The Morgan fingerprint density at radius 2 is 1.21 bits per heavy atom. The Morgan fingerprint density at radius 3 is 2.03 bits per heavy atom. The largest absolute Gasteiger partial charge is 0.355 e. The van der Waals surface area contributed by atoms with Crippen LogP contribution in [-0.4, -0.2) is 4.57 Å². The van der Waals surface area contributed by atoms with Crippen LogP contribution in [0.5, 0.6) is 0 Å². The molecule has 11 rings (SSSR count). The lowest BCUT2D eigenvalue weighted by atomic mass is 9.52. The van der Waals surface area contributed by atoms with E-state index in [-0.39, 0.29) is 0 Å². The number of fused-ring (bicyclic) bond motifs is 10. The van der Waals surface area contributed by atoms with Crippen LogP contribution in [-0.2, 0) is 10.8 Å². The Bertz CT molecular complexity index is 3210. The van der Waals surface area contributed by atoms with Crippen molar-refractivity contribution in [3.8, 4) is 5.69 Å². The Hall–Kier alpha value is -7.16. The Morgan fingerprint density at radius 1 is 0.552 bits per heavy atom. The number of benzene rings is 8. The summed E-state index contributed by atoms with van der Waals surface area (Å²) in [6, 6.07) is 64.5. The lowest BCUT2D eigenvalue weighted by Crippen LogP contribution is -2.44. The number of hydrogen-bond donors (Lipinski definition) is 1. The van der Waals surface area contributed by atoms with Crippen molar-refractivity contribution < 1.29 is 0 Å². The van der Waals surface area contributed by atoms with Gasteiger partial charge in [0.15, 0.2) is 0 Å². The molecule has 0 bridgehead atoms. The summed E-state index contributed by atoms with van der Waals surface area (Å²) in [5.74, 6) is 0. The molecule has 1 N–H and O–H groups in total. The monoisotopic (exact) mass is 742 g/mol. The second-order valence-electron chi connectivity index (χ2n) is 15.8. The van der Waals surface area contributed by atoms with E-state index in [0.29, 0.717) is 0 Å². The third-order valence-electron chi connectivity index (χ3n) is 13.3. The van der Waals surface area contributed by atoms with E-state index in [2.05, 4.69) is 199 Å². The summed E-state index contributed by atoms with van der Waals surface area (Å²) in [7, 11) is 0. The highest BCUT2D eigenvalue weighted by atomic mass is 15.0. The Kier molecular flexibility index (Phi) is 7.46. The normalized spacial score (nSPS) is 18.1. The molecular weight excluding hydrogens is 701 g/mol. The number of anilines is 2. The first kappa shape index (κ1) is 34.1. The zero-order valence-electron chi connectivity index (χ0n) is 32.6. The maximum atomic E-state index is 4.93. The number of aromatic nitrogens is 1. The van der Waals surface area contributed by atoms with E-state index in [1.165, 1.54) is 60.4 Å². The molecule has 2 aliphatic carbocycles. The fourth-order valence-corrected chi connectivity index (χ4v) is 10.8. The first-order valence-corrected chi connectivity index (χ1v) is 20.2. The number of nitrogens with zero attached hydrogens (tertiary/aromatic N) is 1. The molecule has 1 aromatic heterocycles. The molecule has 2 unspecified atom stereocenters. The highest BCUT2D eigenvalue weighted by Gasteiger charge is 2.56. The van der Waals surface area contributed by atoms with Crippen LogP contribution in [0.4, 0.5) is 11.4 Å². The van der Waals surface area contributed by atoms with Gasteiger partial charge in [-0.15, -0.1) is 0 Å². The van der Waals surface area contributed by atoms with E-state index in [1.54, 1.807) is 0 Å². The minimum Gasteiger partial charge on any atom is -0.355 e. The van der Waals surface area contributed by atoms with Crippen molar-refractivity contribution in [2.24, 2.45) is 0 Å². The van der Waals surface area contributed by atoms with Gasteiger partial charge in [0.25, 0.3) is 0 Å². The topological polar surface area (TPSA) is 17.0 Å². The highest BCUT2D eigenvalue weighted by molar-refractivity contribution is 6.11. The summed E-state index contributed by atoms with van der Waals surface area (Å²) in [5.41, 5.74) is 16.5. The molecule has 0 radical (unpaired) electrons. The number of para-hydroxylation sites is 1. The van der Waals surface area contributed by atoms with Crippen LogP contribution in [0.3, 0.4) is 0 Å². The van der Waals surface area contributed by atoms with E-state index in [9.17, 15) is 0 Å². The molecule has 2 heteroatoms. The van der Waals surface area contributed by atoms with Crippen LogP contribution in [0.25, 0.3) is 49.9 Å². The van der Waals surface area contributed by atoms with Gasteiger partial charge in [-0.2, -0.15) is 0 Å². The molecule has 0 aliphatic heterocycles. The van der Waals surface area contributed by atoms with Crippen molar-refractivity contribution in [1.29, 1.82) is 0 Å². The molecule has 0 saturated carbocycles. The van der Waals surface area contributed by atoms with Crippen molar-refractivity contribution in [3.05, 3.63) is 246 Å². The quantitative estimate of drug-likeness (QED) is 0.179. The SMILES string of the molecule is C=Cc1ccccc1C1(CC)c2ccccc2C2(C(=C)C(=C)c3ccccc32)c2cc(-n3c4ccccc4c4cc(Nc5cccc6ccccc56)ccc43)ccc21. The highest BCUT2D eigenvalue weighted by Crippen LogP contribution is 2.64. The fraction of sp³-hybridized carbons (Fsp3) is 0.0714. The fourth-order valence-electron chi connectivity index (χ4n) is 10.8. The van der Waals surface area contributed by atoms with Crippen molar-refractivity contribution in [2.75, 3.05) is 5.32 Å². The summed E-state index contributed by atoms with van der Waals surface area (Å²) in [6.07, 6.45) is 2.88. The zero-order valence-corrected chi connectivity index (χ0v) is 32.6. The number of allylic oxidation sites excluding steroid dienone is 2.